The Morgan fingerprint density at radius 2 is 1.81 bits per heavy atom. The van der Waals surface area contributed by atoms with E-state index < -0.39 is 0 Å². The van der Waals surface area contributed by atoms with Crippen LogP contribution in [-0.4, -0.2) is 38.2 Å². The number of likely N-dealkylation sites (N-methyl/N-ethyl adjacent to an activating group) is 1. The normalized spacial score (nSPS) is 16.3. The Hall–Kier alpha value is -3.71. The Morgan fingerprint density at radius 3 is 2.55 bits per heavy atom. The molecule has 3 heterocycles. The lowest BCUT2D eigenvalue weighted by Gasteiger charge is -2.20. The summed E-state index contributed by atoms with van der Waals surface area (Å²) in [5.74, 6) is 2.17. The van der Waals surface area contributed by atoms with Crippen molar-refractivity contribution in [2.45, 2.75) is 19.6 Å². The van der Waals surface area contributed by atoms with E-state index >= 15 is 0 Å². The number of nitrogens with one attached hydrogen (secondary N) is 1. The first kappa shape index (κ1) is 19.3. The molecule has 4 aromatic rings. The molecule has 1 aliphatic heterocycles. The lowest BCUT2D eigenvalue weighted by atomic mass is 10.1. The van der Waals surface area contributed by atoms with Gasteiger partial charge in [0.1, 0.15) is 24.1 Å². The summed E-state index contributed by atoms with van der Waals surface area (Å²) in [6, 6.07) is 22.4. The molecule has 0 spiro atoms. The van der Waals surface area contributed by atoms with Crippen molar-refractivity contribution in [1.29, 1.82) is 0 Å². The molecule has 7 heteroatoms. The summed E-state index contributed by atoms with van der Waals surface area (Å²) < 4.78 is 8.12. The van der Waals surface area contributed by atoms with E-state index in [9.17, 15) is 0 Å². The van der Waals surface area contributed by atoms with Gasteiger partial charge in [0, 0.05) is 24.3 Å². The third-order valence-electron chi connectivity index (χ3n) is 5.29. The van der Waals surface area contributed by atoms with Crippen molar-refractivity contribution in [3.05, 3.63) is 90.0 Å². The van der Waals surface area contributed by atoms with Gasteiger partial charge in [0.25, 0.3) is 0 Å². The van der Waals surface area contributed by atoms with Crippen molar-refractivity contribution in [1.82, 2.24) is 24.6 Å². The predicted octanol–water partition coefficient (Wildman–Crippen LogP) is 4.28. The van der Waals surface area contributed by atoms with Crippen LogP contribution >= 0.6 is 0 Å². The van der Waals surface area contributed by atoms with Gasteiger partial charge in [0.15, 0.2) is 0 Å². The van der Waals surface area contributed by atoms with Gasteiger partial charge in [-0.05, 0) is 55.9 Å². The summed E-state index contributed by atoms with van der Waals surface area (Å²) >= 11 is 0. The van der Waals surface area contributed by atoms with E-state index in [-0.39, 0.29) is 6.10 Å². The molecule has 1 aliphatic rings. The molecule has 0 aliphatic carbocycles. The van der Waals surface area contributed by atoms with Crippen molar-refractivity contribution in [3.63, 3.8) is 0 Å². The fourth-order valence-electron chi connectivity index (χ4n) is 3.73. The summed E-state index contributed by atoms with van der Waals surface area (Å²) in [5.41, 5.74) is 4.14. The Labute approximate surface area is 181 Å². The second-order valence-corrected chi connectivity index (χ2v) is 7.78. The lowest BCUT2D eigenvalue weighted by molar-refractivity contribution is 0.160. The van der Waals surface area contributed by atoms with Gasteiger partial charge in [-0.1, -0.05) is 30.3 Å². The van der Waals surface area contributed by atoms with E-state index in [4.69, 9.17) is 9.72 Å². The van der Waals surface area contributed by atoms with E-state index in [0.29, 0.717) is 5.88 Å². The zero-order valence-corrected chi connectivity index (χ0v) is 17.6. The molecule has 156 valence electrons. The highest BCUT2D eigenvalue weighted by molar-refractivity contribution is 5.59. The fraction of sp³-hybridized carbons (Fsp3) is 0.208. The van der Waals surface area contributed by atoms with Gasteiger partial charge in [-0.2, -0.15) is 10.1 Å². The Morgan fingerprint density at radius 1 is 1.00 bits per heavy atom. The number of benzene rings is 2. The van der Waals surface area contributed by atoms with Crippen molar-refractivity contribution in [2.24, 2.45) is 0 Å². The number of aromatic nitrogens is 4. The molecule has 0 bridgehead atoms. The number of hydrogen-bond acceptors (Lipinski definition) is 6. The first-order valence-electron chi connectivity index (χ1n) is 10.3. The van der Waals surface area contributed by atoms with Crippen LogP contribution in [0.15, 0.2) is 73.1 Å². The van der Waals surface area contributed by atoms with Gasteiger partial charge in [-0.3, -0.25) is 4.90 Å². The van der Waals surface area contributed by atoms with Crippen molar-refractivity contribution >= 4 is 11.5 Å². The SMILES string of the molecule is Cc1ncn(-c2ccc(Nc3ccc4c(n3)O[C@H](c3ccccc3)CN(C)C4)cc2)n1. The molecule has 0 saturated heterocycles. The Bertz CT molecular complexity index is 1170. The minimum atomic E-state index is -0.0550. The molecule has 0 radical (unpaired) electrons. The van der Waals surface area contributed by atoms with Crippen LogP contribution in [0, 0.1) is 6.92 Å². The van der Waals surface area contributed by atoms with Gasteiger partial charge < -0.3 is 10.1 Å². The van der Waals surface area contributed by atoms with E-state index in [1.807, 2.05) is 55.5 Å². The quantitative estimate of drug-likeness (QED) is 0.540. The van der Waals surface area contributed by atoms with Crippen LogP contribution in [0.3, 0.4) is 0 Å². The largest absolute Gasteiger partial charge is 0.468 e. The second-order valence-electron chi connectivity index (χ2n) is 7.78. The topological polar surface area (TPSA) is 68.1 Å². The summed E-state index contributed by atoms with van der Waals surface area (Å²) in [7, 11) is 2.11. The molecule has 2 aromatic heterocycles. The molecule has 5 rings (SSSR count). The molecule has 7 nitrogen and oxygen atoms in total. The van der Waals surface area contributed by atoms with Crippen LogP contribution in [0.2, 0.25) is 0 Å². The van der Waals surface area contributed by atoms with Crippen molar-refractivity contribution in [3.8, 4) is 11.6 Å². The fourth-order valence-corrected chi connectivity index (χ4v) is 3.73. The summed E-state index contributed by atoms with van der Waals surface area (Å²) in [6.07, 6.45) is 1.66. The van der Waals surface area contributed by atoms with Crippen molar-refractivity contribution < 1.29 is 4.74 Å². The number of fused-ring (bicyclic) bond motifs is 1. The van der Waals surface area contributed by atoms with Crippen molar-refractivity contribution in [2.75, 3.05) is 18.9 Å². The van der Waals surface area contributed by atoms with Crippen LogP contribution in [0.25, 0.3) is 5.69 Å². The average molecular weight is 412 g/mol. The average Bonchev–Trinajstić information content (AvgIpc) is 3.14. The standard InChI is InChI=1S/C24H24N6O/c1-17-25-16-30(28-17)21-11-9-20(10-12-21)26-23-13-8-19-14-29(2)15-22(31-24(19)27-23)18-6-4-3-5-7-18/h3-13,16,22H,14-15H2,1-2H3,(H,26,27)/t22-/m0/s1. The second kappa shape index (κ2) is 8.20. The van der Waals surface area contributed by atoms with Gasteiger partial charge in [-0.25, -0.2) is 9.67 Å². The van der Waals surface area contributed by atoms with Crippen LogP contribution < -0.4 is 10.1 Å². The molecule has 1 atom stereocenters. The van der Waals surface area contributed by atoms with Crippen LogP contribution in [0.1, 0.15) is 23.1 Å². The molecule has 2 aromatic carbocycles. The number of rotatable bonds is 4. The number of nitrogens with zero attached hydrogens (tertiary/aromatic N) is 5. The zero-order chi connectivity index (χ0) is 21.2. The number of hydrogen-bond donors (Lipinski definition) is 1. The molecule has 0 saturated carbocycles. The molecule has 1 N–H and O–H groups in total. The molecular formula is C24H24N6O. The molecule has 0 unspecified atom stereocenters. The van der Waals surface area contributed by atoms with Crippen LogP contribution in [0.4, 0.5) is 11.5 Å². The maximum Gasteiger partial charge on any atom is 0.220 e. The highest BCUT2D eigenvalue weighted by atomic mass is 16.5. The smallest absolute Gasteiger partial charge is 0.220 e. The van der Waals surface area contributed by atoms with Crippen LogP contribution in [0.5, 0.6) is 5.88 Å². The summed E-state index contributed by atoms with van der Waals surface area (Å²) in [6.45, 7) is 3.49. The molecule has 0 amide bonds. The first-order valence-corrected chi connectivity index (χ1v) is 10.3. The maximum atomic E-state index is 6.36. The number of aryl methyl sites for hydroxylation is 1. The van der Waals surface area contributed by atoms with Crippen LogP contribution in [-0.2, 0) is 6.54 Å². The first-order chi connectivity index (χ1) is 15.1. The number of ether oxygens (including phenoxy) is 1. The number of anilines is 2. The van der Waals surface area contributed by atoms with E-state index in [1.165, 1.54) is 0 Å². The minimum Gasteiger partial charge on any atom is -0.468 e. The third-order valence-corrected chi connectivity index (χ3v) is 5.29. The summed E-state index contributed by atoms with van der Waals surface area (Å²) in [5, 5.41) is 7.72. The summed E-state index contributed by atoms with van der Waals surface area (Å²) in [4.78, 5) is 11.2. The highest BCUT2D eigenvalue weighted by Crippen LogP contribution is 2.31. The lowest BCUT2D eigenvalue weighted by Crippen LogP contribution is -2.24. The monoisotopic (exact) mass is 412 g/mol. The number of pyridine rings is 1. The third kappa shape index (κ3) is 4.27. The maximum absolute atomic E-state index is 6.36. The highest BCUT2D eigenvalue weighted by Gasteiger charge is 2.23. The van der Waals surface area contributed by atoms with E-state index in [2.05, 4.69) is 45.5 Å². The molecule has 31 heavy (non-hydrogen) atoms. The Kier molecular flexibility index (Phi) is 5.09. The zero-order valence-electron chi connectivity index (χ0n) is 17.6. The molecular weight excluding hydrogens is 388 g/mol. The van der Waals surface area contributed by atoms with Gasteiger partial charge >= 0.3 is 0 Å². The van der Waals surface area contributed by atoms with Gasteiger partial charge in [-0.15, -0.1) is 0 Å². The Balaban J connectivity index is 1.36. The van der Waals surface area contributed by atoms with E-state index in [0.717, 1.165) is 47.2 Å². The van der Waals surface area contributed by atoms with Gasteiger partial charge in [0.05, 0.1) is 5.69 Å². The van der Waals surface area contributed by atoms with Gasteiger partial charge in [0.2, 0.25) is 5.88 Å². The van der Waals surface area contributed by atoms with E-state index in [1.54, 1.807) is 11.0 Å². The minimum absolute atomic E-state index is 0.0550. The molecule has 0 fully saturated rings. The predicted molar refractivity (Wildman–Crippen MR) is 120 cm³/mol.